The van der Waals surface area contributed by atoms with E-state index in [2.05, 4.69) is 10.3 Å². The molecule has 5 heteroatoms. The molecule has 0 spiro atoms. The van der Waals surface area contributed by atoms with E-state index in [1.807, 2.05) is 46.3 Å². The molecule has 0 unspecified atom stereocenters. The van der Waals surface area contributed by atoms with E-state index in [-0.39, 0.29) is 5.91 Å². The Morgan fingerprint density at radius 2 is 2.28 bits per heavy atom. The van der Waals surface area contributed by atoms with Crippen LogP contribution in [0.3, 0.4) is 0 Å². The Kier molecular flexibility index (Phi) is 2.82. The van der Waals surface area contributed by atoms with Crippen LogP contribution in [-0.4, -0.2) is 15.3 Å². The fourth-order valence-electron chi connectivity index (χ4n) is 1.78. The third-order valence-corrected chi connectivity index (χ3v) is 3.48. The van der Waals surface area contributed by atoms with Crippen LogP contribution < -0.4 is 5.32 Å². The number of rotatable bonds is 3. The van der Waals surface area contributed by atoms with Gasteiger partial charge in [0, 0.05) is 11.1 Å². The monoisotopic (exact) mass is 257 g/mol. The van der Waals surface area contributed by atoms with Crippen molar-refractivity contribution in [2.45, 2.75) is 6.42 Å². The van der Waals surface area contributed by atoms with Gasteiger partial charge in [-0.05, 0) is 23.6 Å². The minimum absolute atomic E-state index is 0.0474. The predicted octanol–water partition coefficient (Wildman–Crippen LogP) is 2.58. The summed E-state index contributed by atoms with van der Waals surface area (Å²) in [5, 5.41) is 4.79. The number of thiophene rings is 1. The van der Waals surface area contributed by atoms with Crippen molar-refractivity contribution in [1.82, 2.24) is 9.38 Å². The molecule has 0 saturated carbocycles. The summed E-state index contributed by atoms with van der Waals surface area (Å²) < 4.78 is 1.85. The largest absolute Gasteiger partial charge is 0.295 e. The lowest BCUT2D eigenvalue weighted by molar-refractivity contribution is -0.115. The second-order valence-electron chi connectivity index (χ2n) is 3.88. The van der Waals surface area contributed by atoms with E-state index in [1.54, 1.807) is 17.5 Å². The lowest BCUT2D eigenvalue weighted by atomic mass is 10.3. The average molecular weight is 257 g/mol. The highest BCUT2D eigenvalue weighted by molar-refractivity contribution is 7.10. The van der Waals surface area contributed by atoms with Gasteiger partial charge in [-0.15, -0.1) is 11.3 Å². The molecule has 18 heavy (non-hydrogen) atoms. The topological polar surface area (TPSA) is 46.4 Å². The quantitative estimate of drug-likeness (QED) is 0.784. The van der Waals surface area contributed by atoms with Crippen molar-refractivity contribution in [3.8, 4) is 0 Å². The van der Waals surface area contributed by atoms with Crippen LogP contribution >= 0.6 is 11.3 Å². The fraction of sp³-hybridized carbons (Fsp3) is 0.0769. The predicted molar refractivity (Wildman–Crippen MR) is 71.8 cm³/mol. The standard InChI is InChI=1S/C13H11N3OS/c17-12(8-11-5-3-7-18-11)15-13-14-9-10-4-1-2-6-16(10)13/h1-7,9H,8H2,(H,14,15,17). The summed E-state index contributed by atoms with van der Waals surface area (Å²) in [7, 11) is 0. The van der Waals surface area contributed by atoms with Gasteiger partial charge < -0.3 is 0 Å². The smallest absolute Gasteiger partial charge is 0.231 e. The first-order chi connectivity index (χ1) is 8.83. The number of hydrogen-bond acceptors (Lipinski definition) is 3. The van der Waals surface area contributed by atoms with E-state index in [0.29, 0.717) is 12.4 Å². The maximum atomic E-state index is 11.9. The number of carbonyl (C=O) groups is 1. The third-order valence-electron chi connectivity index (χ3n) is 2.60. The lowest BCUT2D eigenvalue weighted by Crippen LogP contribution is -2.15. The van der Waals surface area contributed by atoms with Crippen molar-refractivity contribution < 1.29 is 4.79 Å². The van der Waals surface area contributed by atoms with Crippen LogP contribution in [0.1, 0.15) is 4.88 Å². The van der Waals surface area contributed by atoms with Gasteiger partial charge in [0.25, 0.3) is 0 Å². The molecule has 4 nitrogen and oxygen atoms in total. The van der Waals surface area contributed by atoms with E-state index >= 15 is 0 Å². The second-order valence-corrected chi connectivity index (χ2v) is 4.91. The molecule has 90 valence electrons. The highest BCUT2D eigenvalue weighted by atomic mass is 32.1. The first-order valence-electron chi connectivity index (χ1n) is 5.57. The second kappa shape index (κ2) is 4.62. The first-order valence-corrected chi connectivity index (χ1v) is 6.45. The minimum Gasteiger partial charge on any atom is -0.295 e. The fourth-order valence-corrected chi connectivity index (χ4v) is 2.48. The van der Waals surface area contributed by atoms with E-state index < -0.39 is 0 Å². The molecule has 1 N–H and O–H groups in total. The van der Waals surface area contributed by atoms with Crippen molar-refractivity contribution in [2.75, 3.05) is 5.32 Å². The van der Waals surface area contributed by atoms with Crippen molar-refractivity contribution >= 4 is 28.7 Å². The zero-order chi connectivity index (χ0) is 12.4. The number of amides is 1. The summed E-state index contributed by atoms with van der Waals surface area (Å²) in [5.41, 5.74) is 0.962. The van der Waals surface area contributed by atoms with Crippen molar-refractivity contribution in [2.24, 2.45) is 0 Å². The van der Waals surface area contributed by atoms with E-state index in [1.165, 1.54) is 0 Å². The summed E-state index contributed by atoms with van der Waals surface area (Å²) in [4.78, 5) is 17.1. The number of hydrogen-bond donors (Lipinski definition) is 1. The van der Waals surface area contributed by atoms with Crippen LogP contribution in [0.5, 0.6) is 0 Å². The number of pyridine rings is 1. The Labute approximate surface area is 108 Å². The molecule has 0 aliphatic rings. The molecule has 0 aromatic carbocycles. The molecule has 1 amide bonds. The molecule has 0 atom stereocenters. The number of carbonyl (C=O) groups excluding carboxylic acids is 1. The maximum absolute atomic E-state index is 11.9. The summed E-state index contributed by atoms with van der Waals surface area (Å²) in [6, 6.07) is 9.69. The van der Waals surface area contributed by atoms with Gasteiger partial charge in [0.05, 0.1) is 18.1 Å². The number of nitrogens with one attached hydrogen (secondary N) is 1. The number of imidazole rings is 1. The van der Waals surface area contributed by atoms with Gasteiger partial charge in [0.1, 0.15) is 0 Å². The van der Waals surface area contributed by atoms with E-state index in [9.17, 15) is 4.79 Å². The zero-order valence-corrected chi connectivity index (χ0v) is 10.4. The number of anilines is 1. The van der Waals surface area contributed by atoms with Crippen LogP contribution in [0.25, 0.3) is 5.52 Å². The molecule has 3 heterocycles. The molecule has 0 aliphatic heterocycles. The van der Waals surface area contributed by atoms with Gasteiger partial charge >= 0.3 is 0 Å². The SMILES string of the molecule is O=C(Cc1cccs1)Nc1ncc2ccccn12. The molecule has 0 saturated heterocycles. The molecule has 3 aromatic heterocycles. The van der Waals surface area contributed by atoms with Gasteiger partial charge in [-0.2, -0.15) is 0 Å². The van der Waals surface area contributed by atoms with Gasteiger partial charge in [0.15, 0.2) is 0 Å². The Morgan fingerprint density at radius 1 is 1.33 bits per heavy atom. The van der Waals surface area contributed by atoms with E-state index in [0.717, 1.165) is 10.4 Å². The summed E-state index contributed by atoms with van der Waals surface area (Å²) in [5.74, 6) is 0.515. The molecular weight excluding hydrogens is 246 g/mol. The Balaban J connectivity index is 1.78. The highest BCUT2D eigenvalue weighted by Crippen LogP contribution is 2.13. The Morgan fingerprint density at radius 3 is 3.11 bits per heavy atom. The van der Waals surface area contributed by atoms with E-state index in [4.69, 9.17) is 0 Å². The summed E-state index contributed by atoms with van der Waals surface area (Å²) in [6.45, 7) is 0. The van der Waals surface area contributed by atoms with Gasteiger partial charge in [-0.25, -0.2) is 4.98 Å². The maximum Gasteiger partial charge on any atom is 0.231 e. The molecule has 0 bridgehead atoms. The van der Waals surface area contributed by atoms with Gasteiger partial charge in [-0.1, -0.05) is 12.1 Å². The average Bonchev–Trinajstić information content (AvgIpc) is 3.00. The van der Waals surface area contributed by atoms with Crippen molar-refractivity contribution in [3.63, 3.8) is 0 Å². The normalized spacial score (nSPS) is 10.7. The number of fused-ring (bicyclic) bond motifs is 1. The van der Waals surface area contributed by atoms with Crippen LogP contribution in [-0.2, 0) is 11.2 Å². The molecule has 0 aliphatic carbocycles. The van der Waals surface area contributed by atoms with Crippen LogP contribution in [0, 0.1) is 0 Å². The van der Waals surface area contributed by atoms with Gasteiger partial charge in [-0.3, -0.25) is 14.5 Å². The number of aromatic nitrogens is 2. The van der Waals surface area contributed by atoms with Crippen molar-refractivity contribution in [1.29, 1.82) is 0 Å². The minimum atomic E-state index is -0.0474. The Hall–Kier alpha value is -2.14. The van der Waals surface area contributed by atoms with Crippen LogP contribution in [0.15, 0.2) is 48.1 Å². The molecule has 3 rings (SSSR count). The van der Waals surface area contributed by atoms with Gasteiger partial charge in [0.2, 0.25) is 11.9 Å². The third kappa shape index (κ3) is 2.12. The summed E-state index contributed by atoms with van der Waals surface area (Å²) in [6.07, 6.45) is 4.00. The molecule has 0 radical (unpaired) electrons. The Bertz CT molecular complexity index is 672. The summed E-state index contributed by atoms with van der Waals surface area (Å²) >= 11 is 1.58. The highest BCUT2D eigenvalue weighted by Gasteiger charge is 2.08. The van der Waals surface area contributed by atoms with Crippen molar-refractivity contribution in [3.05, 3.63) is 53.0 Å². The molecule has 3 aromatic rings. The lowest BCUT2D eigenvalue weighted by Gasteiger charge is -2.03. The molecular formula is C13H11N3OS. The number of nitrogens with zero attached hydrogens (tertiary/aromatic N) is 2. The molecule has 0 fully saturated rings. The van der Waals surface area contributed by atoms with Crippen LogP contribution in [0.4, 0.5) is 5.95 Å². The first kappa shape index (κ1) is 11.0. The zero-order valence-electron chi connectivity index (χ0n) is 9.54. The van der Waals surface area contributed by atoms with Crippen LogP contribution in [0.2, 0.25) is 0 Å².